The van der Waals surface area contributed by atoms with Gasteiger partial charge < -0.3 is 19.7 Å². The summed E-state index contributed by atoms with van der Waals surface area (Å²) in [6.07, 6.45) is 0.782. The van der Waals surface area contributed by atoms with Crippen molar-refractivity contribution in [2.75, 3.05) is 20.8 Å². The van der Waals surface area contributed by atoms with Gasteiger partial charge >= 0.3 is 6.03 Å². The fourth-order valence-corrected chi connectivity index (χ4v) is 3.47. The first-order valence-electron chi connectivity index (χ1n) is 8.91. The van der Waals surface area contributed by atoms with Gasteiger partial charge in [-0.2, -0.15) is 0 Å². The predicted molar refractivity (Wildman–Crippen MR) is 107 cm³/mol. The highest BCUT2D eigenvalue weighted by Crippen LogP contribution is 2.33. The molecule has 1 heterocycles. The molecule has 0 bridgehead atoms. The van der Waals surface area contributed by atoms with Crippen LogP contribution in [0.4, 0.5) is 4.79 Å². The summed E-state index contributed by atoms with van der Waals surface area (Å²) >= 11 is 5.97. The molecule has 0 radical (unpaired) electrons. The number of benzene rings is 2. The average molecular weight is 389 g/mol. The Labute approximate surface area is 165 Å². The molecule has 27 heavy (non-hydrogen) atoms. The largest absolute Gasteiger partial charge is 0.493 e. The van der Waals surface area contributed by atoms with Crippen molar-refractivity contribution in [2.45, 2.75) is 32.4 Å². The summed E-state index contributed by atoms with van der Waals surface area (Å²) in [4.78, 5) is 14.7. The van der Waals surface area contributed by atoms with Crippen LogP contribution in [0.2, 0.25) is 5.02 Å². The summed E-state index contributed by atoms with van der Waals surface area (Å²) in [6.45, 7) is 5.17. The lowest BCUT2D eigenvalue weighted by molar-refractivity contribution is 0.181. The van der Waals surface area contributed by atoms with Gasteiger partial charge in [0, 0.05) is 18.1 Å². The van der Waals surface area contributed by atoms with Crippen molar-refractivity contribution in [3.05, 3.63) is 58.1 Å². The third-order valence-corrected chi connectivity index (χ3v) is 5.24. The Morgan fingerprint density at radius 2 is 1.67 bits per heavy atom. The quantitative estimate of drug-likeness (QED) is 0.846. The lowest BCUT2D eigenvalue weighted by atomic mass is 9.94. The summed E-state index contributed by atoms with van der Waals surface area (Å²) in [7, 11) is 3.25. The number of fused-ring (bicyclic) bond motifs is 1. The number of methoxy groups -OCH3 is 2. The topological polar surface area (TPSA) is 50.8 Å². The first-order chi connectivity index (χ1) is 12.8. The fraction of sp³-hybridized carbons (Fsp3) is 0.381. The SMILES string of the molecule is COc1cc2c(cc1OC)CN(C(=O)NC(C)(C)c1ccc(Cl)cc1)CC2. The van der Waals surface area contributed by atoms with Gasteiger partial charge in [-0.15, -0.1) is 0 Å². The molecular weight excluding hydrogens is 364 g/mol. The molecule has 2 amide bonds. The van der Waals surface area contributed by atoms with Gasteiger partial charge in [0.2, 0.25) is 0 Å². The van der Waals surface area contributed by atoms with E-state index >= 15 is 0 Å². The van der Waals surface area contributed by atoms with E-state index in [2.05, 4.69) is 5.32 Å². The highest BCUT2D eigenvalue weighted by Gasteiger charge is 2.28. The Morgan fingerprint density at radius 3 is 2.26 bits per heavy atom. The highest BCUT2D eigenvalue weighted by atomic mass is 35.5. The molecule has 0 saturated carbocycles. The number of carbonyl (C=O) groups is 1. The van der Waals surface area contributed by atoms with Gasteiger partial charge in [0.25, 0.3) is 0 Å². The molecule has 144 valence electrons. The van der Waals surface area contributed by atoms with Crippen LogP contribution < -0.4 is 14.8 Å². The zero-order valence-corrected chi connectivity index (χ0v) is 16.9. The summed E-state index contributed by atoms with van der Waals surface area (Å²) in [5.74, 6) is 1.40. The van der Waals surface area contributed by atoms with Gasteiger partial charge in [-0.3, -0.25) is 0 Å². The summed E-state index contributed by atoms with van der Waals surface area (Å²) in [5.41, 5.74) is 2.77. The second-order valence-electron chi connectivity index (χ2n) is 7.21. The Bertz CT molecular complexity index is 834. The number of amides is 2. The molecule has 0 spiro atoms. The van der Waals surface area contributed by atoms with Crippen LogP contribution in [0.25, 0.3) is 0 Å². The van der Waals surface area contributed by atoms with Gasteiger partial charge in [0.05, 0.1) is 19.8 Å². The Morgan fingerprint density at radius 1 is 1.07 bits per heavy atom. The second-order valence-corrected chi connectivity index (χ2v) is 7.65. The van der Waals surface area contributed by atoms with Gasteiger partial charge in [-0.1, -0.05) is 23.7 Å². The van der Waals surface area contributed by atoms with Crippen molar-refractivity contribution in [1.82, 2.24) is 10.2 Å². The number of nitrogens with one attached hydrogen (secondary N) is 1. The molecule has 0 unspecified atom stereocenters. The molecule has 0 saturated heterocycles. The Hall–Kier alpha value is -2.40. The zero-order chi connectivity index (χ0) is 19.6. The van der Waals surface area contributed by atoms with Crippen LogP contribution in [-0.2, 0) is 18.5 Å². The Kier molecular flexibility index (Phi) is 5.51. The van der Waals surface area contributed by atoms with Crippen molar-refractivity contribution in [2.24, 2.45) is 0 Å². The molecule has 0 aliphatic carbocycles. The van der Waals surface area contributed by atoms with Crippen molar-refractivity contribution >= 4 is 17.6 Å². The molecule has 1 aliphatic rings. The number of rotatable bonds is 4. The van der Waals surface area contributed by atoms with Crippen LogP contribution in [0.3, 0.4) is 0 Å². The van der Waals surface area contributed by atoms with Crippen LogP contribution in [0.1, 0.15) is 30.5 Å². The van der Waals surface area contributed by atoms with E-state index in [1.807, 2.05) is 55.1 Å². The van der Waals surface area contributed by atoms with Gasteiger partial charge in [0.15, 0.2) is 11.5 Å². The van der Waals surface area contributed by atoms with E-state index in [1.165, 1.54) is 5.56 Å². The van der Waals surface area contributed by atoms with E-state index in [0.29, 0.717) is 23.9 Å². The van der Waals surface area contributed by atoms with Crippen LogP contribution in [0.5, 0.6) is 11.5 Å². The first-order valence-corrected chi connectivity index (χ1v) is 9.29. The number of urea groups is 1. The van der Waals surface area contributed by atoms with E-state index in [4.69, 9.17) is 21.1 Å². The minimum absolute atomic E-state index is 0.0876. The summed E-state index contributed by atoms with van der Waals surface area (Å²) in [5, 5.41) is 3.81. The fourth-order valence-electron chi connectivity index (χ4n) is 3.34. The smallest absolute Gasteiger partial charge is 0.318 e. The van der Waals surface area contributed by atoms with Crippen LogP contribution >= 0.6 is 11.6 Å². The van der Waals surface area contributed by atoms with Gasteiger partial charge in [-0.05, 0) is 61.2 Å². The van der Waals surface area contributed by atoms with Crippen LogP contribution in [0, 0.1) is 0 Å². The molecule has 2 aromatic rings. The number of ether oxygens (including phenoxy) is 2. The van der Waals surface area contributed by atoms with Gasteiger partial charge in [0.1, 0.15) is 0 Å². The van der Waals surface area contributed by atoms with Crippen molar-refractivity contribution in [3.63, 3.8) is 0 Å². The van der Waals surface area contributed by atoms with Gasteiger partial charge in [-0.25, -0.2) is 4.79 Å². The molecule has 2 aromatic carbocycles. The summed E-state index contributed by atoms with van der Waals surface area (Å²) in [6, 6.07) is 11.4. The molecule has 5 nitrogen and oxygen atoms in total. The number of hydrogen-bond acceptors (Lipinski definition) is 3. The first kappa shape index (κ1) is 19.4. The molecule has 0 aromatic heterocycles. The molecule has 6 heteroatoms. The standard InChI is InChI=1S/C21H25ClN2O3/c1-21(2,16-5-7-17(22)8-6-16)23-20(25)24-10-9-14-11-18(26-3)19(27-4)12-15(14)13-24/h5-8,11-12H,9-10,13H2,1-4H3,(H,23,25). The van der Waals surface area contributed by atoms with E-state index in [9.17, 15) is 4.79 Å². The zero-order valence-electron chi connectivity index (χ0n) is 16.1. The normalized spacial score (nSPS) is 13.7. The Balaban J connectivity index is 1.74. The third kappa shape index (κ3) is 4.14. The molecule has 1 N–H and O–H groups in total. The number of halogens is 1. The minimum atomic E-state index is -0.500. The third-order valence-electron chi connectivity index (χ3n) is 4.99. The van der Waals surface area contributed by atoms with E-state index in [0.717, 1.165) is 23.3 Å². The lowest BCUT2D eigenvalue weighted by Gasteiger charge is -2.34. The number of carbonyl (C=O) groups excluding carboxylic acids is 1. The average Bonchev–Trinajstić information content (AvgIpc) is 2.66. The minimum Gasteiger partial charge on any atom is -0.493 e. The molecule has 0 fully saturated rings. The van der Waals surface area contributed by atoms with E-state index < -0.39 is 5.54 Å². The maximum absolute atomic E-state index is 12.9. The van der Waals surface area contributed by atoms with Crippen molar-refractivity contribution < 1.29 is 14.3 Å². The van der Waals surface area contributed by atoms with Crippen LogP contribution in [0.15, 0.2) is 36.4 Å². The molecule has 3 rings (SSSR count). The maximum atomic E-state index is 12.9. The molecule has 0 atom stereocenters. The second kappa shape index (κ2) is 7.69. The monoisotopic (exact) mass is 388 g/mol. The predicted octanol–water partition coefficient (Wildman–Crippen LogP) is 4.36. The molecular formula is C21H25ClN2O3. The van der Waals surface area contributed by atoms with Crippen molar-refractivity contribution in [1.29, 1.82) is 0 Å². The maximum Gasteiger partial charge on any atom is 0.318 e. The number of hydrogen-bond donors (Lipinski definition) is 1. The van der Waals surface area contributed by atoms with E-state index in [-0.39, 0.29) is 6.03 Å². The summed E-state index contributed by atoms with van der Waals surface area (Å²) < 4.78 is 10.8. The van der Waals surface area contributed by atoms with Crippen molar-refractivity contribution in [3.8, 4) is 11.5 Å². The lowest BCUT2D eigenvalue weighted by Crippen LogP contribution is -2.49. The van der Waals surface area contributed by atoms with Crippen LogP contribution in [-0.4, -0.2) is 31.7 Å². The highest BCUT2D eigenvalue weighted by molar-refractivity contribution is 6.30. The van der Waals surface area contributed by atoms with E-state index in [1.54, 1.807) is 14.2 Å². The number of nitrogens with zero attached hydrogens (tertiary/aromatic N) is 1. The molecule has 1 aliphatic heterocycles.